The Hall–Kier alpha value is -1.20. The van der Waals surface area contributed by atoms with Crippen molar-refractivity contribution in [3.05, 3.63) is 34.4 Å². The minimum atomic E-state index is -3.04. The van der Waals surface area contributed by atoms with Gasteiger partial charge in [0.15, 0.2) is 0 Å². The van der Waals surface area contributed by atoms with Crippen LogP contribution in [-0.4, -0.2) is 38.3 Å². The van der Waals surface area contributed by atoms with Gasteiger partial charge >= 0.3 is 0 Å². The van der Waals surface area contributed by atoms with Crippen LogP contribution in [0.25, 0.3) is 0 Å². The van der Waals surface area contributed by atoms with E-state index >= 15 is 0 Å². The molecular weight excluding hydrogens is 272 g/mol. The molecule has 1 fully saturated rings. The van der Waals surface area contributed by atoms with Gasteiger partial charge in [-0.25, -0.2) is 12.7 Å². The van der Waals surface area contributed by atoms with Crippen molar-refractivity contribution in [1.82, 2.24) is 4.31 Å². The predicted octanol–water partition coefficient (Wildman–Crippen LogP) is 2.07. The average molecular weight is 292 g/mol. The summed E-state index contributed by atoms with van der Waals surface area (Å²) in [6.07, 6.45) is 5.06. The van der Waals surface area contributed by atoms with E-state index in [2.05, 4.69) is 24.0 Å². The van der Waals surface area contributed by atoms with Crippen molar-refractivity contribution < 1.29 is 8.42 Å². The van der Waals surface area contributed by atoms with Crippen LogP contribution in [0.5, 0.6) is 0 Å². The maximum absolute atomic E-state index is 11.6. The van der Waals surface area contributed by atoms with Gasteiger partial charge in [0.2, 0.25) is 10.0 Å². The van der Waals surface area contributed by atoms with Crippen LogP contribution in [0.15, 0.2) is 17.1 Å². The highest BCUT2D eigenvalue weighted by Crippen LogP contribution is 2.33. The smallest absolute Gasteiger partial charge is 0.211 e. The van der Waals surface area contributed by atoms with Gasteiger partial charge in [0.1, 0.15) is 0 Å². The largest absolute Gasteiger partial charge is 0.288 e. The molecule has 108 valence electrons. The summed E-state index contributed by atoms with van der Waals surface area (Å²) in [6.45, 7) is 4.20. The zero-order valence-electron chi connectivity index (χ0n) is 12.0. The Balaban J connectivity index is 1.79. The fraction of sp³-hybridized carbons (Fsp3) is 0.533. The molecule has 0 spiro atoms. The SMILES string of the molecule is Cc1cc2c(cc1C1CCN(S(C)(=O)=O)CC1)CN=C2. The Morgan fingerprint density at radius 3 is 2.60 bits per heavy atom. The fourth-order valence-electron chi connectivity index (χ4n) is 3.23. The topological polar surface area (TPSA) is 49.7 Å². The van der Waals surface area contributed by atoms with Crippen molar-refractivity contribution in [3.8, 4) is 0 Å². The number of nitrogens with zero attached hydrogens (tertiary/aromatic N) is 2. The summed E-state index contributed by atoms with van der Waals surface area (Å²) < 4.78 is 24.7. The third-order valence-corrected chi connectivity index (χ3v) is 5.69. The molecule has 5 heteroatoms. The highest BCUT2D eigenvalue weighted by molar-refractivity contribution is 7.88. The number of hydrogen-bond acceptors (Lipinski definition) is 3. The molecule has 0 atom stereocenters. The van der Waals surface area contributed by atoms with E-state index in [9.17, 15) is 8.42 Å². The summed E-state index contributed by atoms with van der Waals surface area (Å²) >= 11 is 0. The quantitative estimate of drug-likeness (QED) is 0.838. The summed E-state index contributed by atoms with van der Waals surface area (Å²) in [5, 5.41) is 0. The van der Waals surface area contributed by atoms with E-state index in [0.29, 0.717) is 19.0 Å². The lowest BCUT2D eigenvalue weighted by atomic mass is 9.85. The summed E-state index contributed by atoms with van der Waals surface area (Å²) in [4.78, 5) is 4.31. The Morgan fingerprint density at radius 2 is 1.95 bits per heavy atom. The average Bonchev–Trinajstić information content (AvgIpc) is 2.84. The van der Waals surface area contributed by atoms with Gasteiger partial charge in [-0.3, -0.25) is 4.99 Å². The van der Waals surface area contributed by atoms with Gasteiger partial charge in [0, 0.05) is 19.3 Å². The zero-order valence-corrected chi connectivity index (χ0v) is 12.8. The third-order valence-electron chi connectivity index (χ3n) is 4.38. The number of benzene rings is 1. The fourth-order valence-corrected chi connectivity index (χ4v) is 4.11. The number of hydrogen-bond donors (Lipinski definition) is 0. The molecule has 0 unspecified atom stereocenters. The van der Waals surface area contributed by atoms with Crippen LogP contribution in [0.2, 0.25) is 0 Å². The summed E-state index contributed by atoms with van der Waals surface area (Å²) in [6, 6.07) is 4.49. The van der Waals surface area contributed by atoms with Gasteiger partial charge in [-0.15, -0.1) is 0 Å². The molecule has 4 nitrogen and oxygen atoms in total. The molecular formula is C15H20N2O2S. The van der Waals surface area contributed by atoms with Crippen molar-refractivity contribution in [2.45, 2.75) is 32.2 Å². The number of rotatable bonds is 2. The second-order valence-corrected chi connectivity index (χ2v) is 7.80. The van der Waals surface area contributed by atoms with Crippen LogP contribution in [0.3, 0.4) is 0 Å². The van der Waals surface area contributed by atoms with Gasteiger partial charge in [-0.05, 0) is 54.0 Å². The highest BCUT2D eigenvalue weighted by atomic mass is 32.2. The molecule has 2 aliphatic rings. The van der Waals surface area contributed by atoms with Crippen LogP contribution < -0.4 is 0 Å². The highest BCUT2D eigenvalue weighted by Gasteiger charge is 2.27. The lowest BCUT2D eigenvalue weighted by molar-refractivity contribution is 0.321. The summed E-state index contributed by atoms with van der Waals surface area (Å²) in [5.74, 6) is 0.471. The number of fused-ring (bicyclic) bond motifs is 1. The van der Waals surface area contributed by atoms with Crippen molar-refractivity contribution >= 4 is 16.2 Å². The molecule has 1 saturated heterocycles. The first kappa shape index (κ1) is 13.8. The summed E-state index contributed by atoms with van der Waals surface area (Å²) in [5.41, 5.74) is 5.22. The Labute approximate surface area is 120 Å². The molecule has 1 aromatic carbocycles. The molecule has 0 bridgehead atoms. The first-order chi connectivity index (χ1) is 9.45. The number of piperidine rings is 1. The third kappa shape index (κ3) is 2.52. The van der Waals surface area contributed by atoms with Crippen molar-refractivity contribution in [3.63, 3.8) is 0 Å². The number of aryl methyl sites for hydroxylation is 1. The standard InChI is InChI=1S/C15H20N2O2S/c1-11-7-13-9-16-10-14(13)8-15(11)12-3-5-17(6-4-12)20(2,18)19/h7-9,12H,3-6,10H2,1-2H3. The molecule has 1 aromatic rings. The van der Waals surface area contributed by atoms with E-state index in [1.54, 1.807) is 4.31 Å². The van der Waals surface area contributed by atoms with E-state index in [0.717, 1.165) is 19.4 Å². The van der Waals surface area contributed by atoms with Crippen LogP contribution in [0, 0.1) is 6.92 Å². The molecule has 0 radical (unpaired) electrons. The van der Waals surface area contributed by atoms with Gasteiger partial charge in [0.05, 0.1) is 12.8 Å². The maximum atomic E-state index is 11.6. The van der Waals surface area contributed by atoms with Gasteiger partial charge in [0.25, 0.3) is 0 Å². The molecule has 20 heavy (non-hydrogen) atoms. The molecule has 0 aliphatic carbocycles. The lowest BCUT2D eigenvalue weighted by Gasteiger charge is -2.31. The minimum absolute atomic E-state index is 0.471. The second-order valence-electron chi connectivity index (χ2n) is 5.81. The van der Waals surface area contributed by atoms with E-state index < -0.39 is 10.0 Å². The van der Waals surface area contributed by atoms with Crippen LogP contribution >= 0.6 is 0 Å². The van der Waals surface area contributed by atoms with Crippen molar-refractivity contribution in [2.24, 2.45) is 4.99 Å². The Kier molecular flexibility index (Phi) is 3.42. The minimum Gasteiger partial charge on any atom is -0.288 e. The van der Waals surface area contributed by atoms with E-state index in [1.807, 2.05) is 6.21 Å². The molecule has 2 aliphatic heterocycles. The molecule has 0 aromatic heterocycles. The summed E-state index contributed by atoms with van der Waals surface area (Å²) in [7, 11) is -3.04. The molecule has 0 saturated carbocycles. The van der Waals surface area contributed by atoms with Crippen LogP contribution in [-0.2, 0) is 16.6 Å². The molecule has 0 amide bonds. The van der Waals surface area contributed by atoms with Gasteiger partial charge in [-0.1, -0.05) is 6.07 Å². The lowest BCUT2D eigenvalue weighted by Crippen LogP contribution is -2.37. The van der Waals surface area contributed by atoms with Crippen molar-refractivity contribution in [2.75, 3.05) is 19.3 Å². The predicted molar refractivity (Wildman–Crippen MR) is 80.9 cm³/mol. The number of sulfonamides is 1. The normalized spacial score (nSPS) is 20.3. The van der Waals surface area contributed by atoms with Crippen molar-refractivity contribution in [1.29, 1.82) is 0 Å². The maximum Gasteiger partial charge on any atom is 0.211 e. The first-order valence-electron chi connectivity index (χ1n) is 7.03. The van der Waals surface area contributed by atoms with Crippen LogP contribution in [0.4, 0.5) is 0 Å². The zero-order chi connectivity index (χ0) is 14.3. The Bertz CT molecular complexity index is 657. The van der Waals surface area contributed by atoms with E-state index in [1.165, 1.54) is 28.5 Å². The number of aliphatic imine (C=N–C) groups is 1. The van der Waals surface area contributed by atoms with Gasteiger partial charge < -0.3 is 0 Å². The van der Waals surface area contributed by atoms with E-state index in [-0.39, 0.29) is 0 Å². The molecule has 3 rings (SSSR count). The molecule has 0 N–H and O–H groups in total. The monoisotopic (exact) mass is 292 g/mol. The Morgan fingerprint density at radius 1 is 1.25 bits per heavy atom. The second kappa shape index (κ2) is 4.97. The van der Waals surface area contributed by atoms with E-state index in [4.69, 9.17) is 0 Å². The first-order valence-corrected chi connectivity index (χ1v) is 8.88. The van der Waals surface area contributed by atoms with Gasteiger partial charge in [-0.2, -0.15) is 0 Å². The van der Waals surface area contributed by atoms with Crippen LogP contribution in [0.1, 0.15) is 41.0 Å². The molecule has 2 heterocycles.